The predicted molar refractivity (Wildman–Crippen MR) is 89.9 cm³/mol. The Hall–Kier alpha value is -2.34. The third-order valence-electron chi connectivity index (χ3n) is 2.77. The molecule has 0 bridgehead atoms. The number of thioether (sulfide) groups is 1. The first-order valence-corrected chi connectivity index (χ1v) is 7.54. The smallest absolute Gasteiger partial charge is 0.180 e. The van der Waals surface area contributed by atoms with Crippen LogP contribution in [0.4, 0.5) is 4.39 Å². The lowest BCUT2D eigenvalue weighted by atomic mass is 10.2. The molecule has 0 spiro atoms. The van der Waals surface area contributed by atoms with E-state index in [9.17, 15) is 4.39 Å². The van der Waals surface area contributed by atoms with Crippen LogP contribution in [0.2, 0.25) is 0 Å². The zero-order valence-corrected chi connectivity index (χ0v) is 12.9. The third-order valence-corrected chi connectivity index (χ3v) is 3.63. The molecule has 0 radical (unpaired) electrons. The number of hydrogen-bond donors (Lipinski definition) is 1. The van der Waals surface area contributed by atoms with Crippen LogP contribution in [0.15, 0.2) is 58.7 Å². The molecule has 0 saturated heterocycles. The lowest BCUT2D eigenvalue weighted by Crippen LogP contribution is -2.06. The monoisotopic (exact) mass is 317 g/mol. The number of nitrogens with two attached hydrogens (primary N) is 1. The quantitative estimate of drug-likeness (QED) is 0.522. The van der Waals surface area contributed by atoms with Gasteiger partial charge in [-0.3, -0.25) is 0 Å². The molecule has 0 aliphatic rings. The van der Waals surface area contributed by atoms with Gasteiger partial charge in [-0.05, 0) is 23.8 Å². The van der Waals surface area contributed by atoms with Crippen molar-refractivity contribution >= 4 is 23.1 Å². The maximum Gasteiger partial charge on any atom is 0.180 e. The van der Waals surface area contributed by atoms with Gasteiger partial charge in [0.25, 0.3) is 0 Å². The van der Waals surface area contributed by atoms with Crippen LogP contribution >= 0.6 is 11.8 Å². The largest absolute Gasteiger partial charge is 0.496 e. The molecule has 2 N–H and O–H groups in total. The van der Waals surface area contributed by atoms with Crippen molar-refractivity contribution in [2.45, 2.75) is 5.75 Å². The number of hydrogen-bond acceptors (Lipinski definition) is 4. The topological polar surface area (TPSA) is 60.0 Å². The van der Waals surface area contributed by atoms with Gasteiger partial charge in [-0.2, -0.15) is 5.10 Å². The molecular formula is C16H16FN3OS. The number of methoxy groups -OCH3 is 1. The second-order valence-electron chi connectivity index (χ2n) is 4.34. The van der Waals surface area contributed by atoms with E-state index in [0.29, 0.717) is 16.5 Å². The van der Waals surface area contributed by atoms with Gasteiger partial charge in [-0.15, -0.1) is 5.10 Å². The number of halogens is 1. The van der Waals surface area contributed by atoms with Crippen molar-refractivity contribution in [1.82, 2.24) is 0 Å². The highest BCUT2D eigenvalue weighted by molar-refractivity contribution is 8.13. The van der Waals surface area contributed by atoms with Crippen molar-refractivity contribution in [3.8, 4) is 5.75 Å². The van der Waals surface area contributed by atoms with E-state index < -0.39 is 0 Å². The maximum atomic E-state index is 13.2. The SMILES string of the molecule is COc1ccc(F)cc1C=NN=C(N)SCc1ccccc1. The molecule has 0 fully saturated rings. The first-order valence-electron chi connectivity index (χ1n) is 6.56. The molecule has 4 nitrogen and oxygen atoms in total. The summed E-state index contributed by atoms with van der Waals surface area (Å²) in [6, 6.07) is 14.1. The summed E-state index contributed by atoms with van der Waals surface area (Å²) in [5.41, 5.74) is 7.44. The molecule has 2 aromatic rings. The van der Waals surface area contributed by atoms with E-state index in [1.165, 1.54) is 43.3 Å². The molecule has 0 aliphatic carbocycles. The van der Waals surface area contributed by atoms with E-state index in [0.717, 1.165) is 11.3 Å². The highest BCUT2D eigenvalue weighted by atomic mass is 32.2. The van der Waals surface area contributed by atoms with Crippen molar-refractivity contribution < 1.29 is 9.13 Å². The first kappa shape index (κ1) is 16.0. The van der Waals surface area contributed by atoms with E-state index >= 15 is 0 Å². The molecule has 22 heavy (non-hydrogen) atoms. The molecule has 6 heteroatoms. The lowest BCUT2D eigenvalue weighted by Gasteiger charge is -2.03. The second-order valence-corrected chi connectivity index (χ2v) is 5.34. The van der Waals surface area contributed by atoms with Crippen LogP contribution in [0, 0.1) is 5.82 Å². The molecule has 0 atom stereocenters. The Labute approximate surface area is 132 Å². The number of ether oxygens (including phenoxy) is 1. The standard InChI is InChI=1S/C16H16FN3OS/c1-21-15-8-7-14(17)9-13(15)10-19-20-16(18)22-11-12-5-3-2-4-6-12/h2-10H,11H2,1H3,(H2,18,20). The van der Waals surface area contributed by atoms with Crippen LogP contribution < -0.4 is 10.5 Å². The summed E-state index contributed by atoms with van der Waals surface area (Å²) >= 11 is 1.39. The minimum atomic E-state index is -0.363. The van der Waals surface area contributed by atoms with E-state index in [4.69, 9.17) is 10.5 Å². The van der Waals surface area contributed by atoms with E-state index in [-0.39, 0.29) is 5.82 Å². The molecule has 0 amide bonds. The Morgan fingerprint density at radius 3 is 2.77 bits per heavy atom. The Balaban J connectivity index is 1.97. The zero-order chi connectivity index (χ0) is 15.8. The number of nitrogens with zero attached hydrogens (tertiary/aromatic N) is 2. The molecule has 2 aromatic carbocycles. The molecule has 0 heterocycles. The third kappa shape index (κ3) is 4.89. The maximum absolute atomic E-state index is 13.2. The summed E-state index contributed by atoms with van der Waals surface area (Å²) in [7, 11) is 1.51. The van der Waals surface area contributed by atoms with Crippen LogP contribution in [0.25, 0.3) is 0 Å². The van der Waals surface area contributed by atoms with Crippen LogP contribution in [0.1, 0.15) is 11.1 Å². The number of amidine groups is 1. The van der Waals surface area contributed by atoms with Gasteiger partial charge in [0.2, 0.25) is 0 Å². The molecule has 0 saturated carbocycles. The van der Waals surface area contributed by atoms with Gasteiger partial charge < -0.3 is 10.5 Å². The Morgan fingerprint density at radius 2 is 2.05 bits per heavy atom. The summed E-state index contributed by atoms with van der Waals surface area (Å²) in [6.07, 6.45) is 1.41. The lowest BCUT2D eigenvalue weighted by molar-refractivity contribution is 0.413. The molecule has 0 aliphatic heterocycles. The summed E-state index contributed by atoms with van der Waals surface area (Å²) in [4.78, 5) is 0. The Morgan fingerprint density at radius 1 is 1.27 bits per heavy atom. The van der Waals surface area contributed by atoms with Gasteiger partial charge in [-0.25, -0.2) is 4.39 Å². The van der Waals surface area contributed by atoms with E-state index in [1.807, 2.05) is 30.3 Å². The van der Waals surface area contributed by atoms with Gasteiger partial charge in [0.15, 0.2) is 5.17 Å². The van der Waals surface area contributed by atoms with Crippen LogP contribution in [-0.2, 0) is 5.75 Å². The van der Waals surface area contributed by atoms with Crippen molar-refractivity contribution in [2.75, 3.05) is 7.11 Å². The van der Waals surface area contributed by atoms with Crippen molar-refractivity contribution in [2.24, 2.45) is 15.9 Å². The zero-order valence-electron chi connectivity index (χ0n) is 12.1. The van der Waals surface area contributed by atoms with Gasteiger partial charge >= 0.3 is 0 Å². The predicted octanol–water partition coefficient (Wildman–Crippen LogP) is 3.42. The normalized spacial score (nSPS) is 11.8. The highest BCUT2D eigenvalue weighted by Gasteiger charge is 2.02. The Kier molecular flexibility index (Phi) is 5.97. The highest BCUT2D eigenvalue weighted by Crippen LogP contribution is 2.17. The number of benzene rings is 2. The van der Waals surface area contributed by atoms with E-state index in [2.05, 4.69) is 10.2 Å². The van der Waals surface area contributed by atoms with Crippen LogP contribution in [0.3, 0.4) is 0 Å². The number of rotatable bonds is 5. The molecule has 0 unspecified atom stereocenters. The molecule has 114 valence electrons. The van der Waals surface area contributed by atoms with Gasteiger partial charge in [0.05, 0.1) is 13.3 Å². The van der Waals surface area contributed by atoms with Crippen LogP contribution in [0.5, 0.6) is 5.75 Å². The summed E-state index contributed by atoms with van der Waals surface area (Å²) in [6.45, 7) is 0. The van der Waals surface area contributed by atoms with E-state index in [1.54, 1.807) is 0 Å². The molecule has 2 rings (SSSR count). The Bertz CT molecular complexity index is 674. The minimum Gasteiger partial charge on any atom is -0.496 e. The summed E-state index contributed by atoms with van der Waals surface area (Å²) in [5, 5.41) is 8.11. The average molecular weight is 317 g/mol. The van der Waals surface area contributed by atoms with Gasteiger partial charge in [0.1, 0.15) is 11.6 Å². The summed E-state index contributed by atoms with van der Waals surface area (Å²) < 4.78 is 18.3. The first-order chi connectivity index (χ1) is 10.7. The van der Waals surface area contributed by atoms with Crippen molar-refractivity contribution in [3.05, 3.63) is 65.5 Å². The summed E-state index contributed by atoms with van der Waals surface area (Å²) in [5.74, 6) is 0.878. The van der Waals surface area contributed by atoms with Gasteiger partial charge in [-0.1, -0.05) is 42.1 Å². The second kappa shape index (κ2) is 8.19. The van der Waals surface area contributed by atoms with Gasteiger partial charge in [0, 0.05) is 11.3 Å². The fourth-order valence-electron chi connectivity index (χ4n) is 1.71. The average Bonchev–Trinajstić information content (AvgIpc) is 2.54. The van der Waals surface area contributed by atoms with Crippen molar-refractivity contribution in [3.63, 3.8) is 0 Å². The van der Waals surface area contributed by atoms with Crippen molar-refractivity contribution in [1.29, 1.82) is 0 Å². The minimum absolute atomic E-state index is 0.343. The molecule has 0 aromatic heterocycles. The fourth-order valence-corrected chi connectivity index (χ4v) is 2.33. The molecular weight excluding hydrogens is 301 g/mol. The fraction of sp³-hybridized carbons (Fsp3) is 0.125. The van der Waals surface area contributed by atoms with Crippen LogP contribution in [-0.4, -0.2) is 18.5 Å².